The molecule has 3 aliphatic rings. The summed E-state index contributed by atoms with van der Waals surface area (Å²) in [6.45, 7) is 11.6. The maximum absolute atomic E-state index is 12.2. The van der Waals surface area contributed by atoms with Gasteiger partial charge in [0.25, 0.3) is 5.56 Å². The molecule has 0 N–H and O–H groups in total. The average Bonchev–Trinajstić information content (AvgIpc) is 2.55. The van der Waals surface area contributed by atoms with Crippen LogP contribution in [0.4, 0.5) is 0 Å². The highest BCUT2D eigenvalue weighted by Gasteiger charge is 2.35. The largest absolute Gasteiger partial charge is 0.312 e. The Bertz CT molecular complexity index is 743. The van der Waals surface area contributed by atoms with E-state index in [-0.39, 0.29) is 5.56 Å². The quantitative estimate of drug-likeness (QED) is 0.771. The summed E-state index contributed by atoms with van der Waals surface area (Å²) in [7, 11) is 0. The molecule has 0 unspecified atom stereocenters. The van der Waals surface area contributed by atoms with E-state index in [1.165, 1.54) is 44.3 Å². The van der Waals surface area contributed by atoms with Gasteiger partial charge in [-0.15, -0.1) is 0 Å². The Morgan fingerprint density at radius 3 is 2.84 bits per heavy atom. The van der Waals surface area contributed by atoms with Crippen molar-refractivity contribution in [3.05, 3.63) is 45.4 Å². The molecular formula is C22H32N2O. The fraction of sp³-hybridized carbons (Fsp3) is 0.682. The van der Waals surface area contributed by atoms with Crippen molar-refractivity contribution < 1.29 is 0 Å². The van der Waals surface area contributed by atoms with Gasteiger partial charge in [0.2, 0.25) is 0 Å². The second-order valence-electron chi connectivity index (χ2n) is 9.20. The predicted molar refractivity (Wildman–Crippen MR) is 103 cm³/mol. The maximum atomic E-state index is 12.2. The standard InChI is InChI=1S/C22H32N2O/c1-16-6-5-10-22(2,3)19(16)9-11-23-13-17-12-18(15-23)20-7-4-8-21(25)24(20)14-17/h4,7-8,17-18H,5-6,9-15H2,1-3H3/t17-,18+/m1/s1. The first-order valence-electron chi connectivity index (χ1n) is 10.1. The molecule has 3 heterocycles. The topological polar surface area (TPSA) is 25.2 Å². The number of hydrogen-bond donors (Lipinski definition) is 0. The van der Waals surface area contributed by atoms with E-state index in [1.807, 2.05) is 10.6 Å². The number of allylic oxidation sites excluding steroid dienone is 1. The number of piperidine rings is 1. The third-order valence-corrected chi connectivity index (χ3v) is 6.92. The Labute approximate surface area is 151 Å². The molecule has 1 fully saturated rings. The molecule has 0 radical (unpaired) electrons. The number of aromatic nitrogens is 1. The Kier molecular flexibility index (Phi) is 4.39. The first-order chi connectivity index (χ1) is 11.9. The first-order valence-corrected chi connectivity index (χ1v) is 10.1. The van der Waals surface area contributed by atoms with E-state index < -0.39 is 0 Å². The smallest absolute Gasteiger partial charge is 0.250 e. The SMILES string of the molecule is CC1=C(CCN2C[C@H]3C[C@@H](C2)c2cccc(=O)n2C3)C(C)(C)CCC1. The van der Waals surface area contributed by atoms with Crippen molar-refractivity contribution in [3.8, 4) is 0 Å². The lowest BCUT2D eigenvalue weighted by atomic mass is 9.71. The van der Waals surface area contributed by atoms with Gasteiger partial charge in [-0.25, -0.2) is 0 Å². The summed E-state index contributed by atoms with van der Waals surface area (Å²) in [5.41, 5.74) is 5.19. The van der Waals surface area contributed by atoms with Crippen LogP contribution in [0.15, 0.2) is 34.1 Å². The van der Waals surface area contributed by atoms with Crippen LogP contribution < -0.4 is 5.56 Å². The summed E-state index contributed by atoms with van der Waals surface area (Å²) in [5, 5.41) is 0. The van der Waals surface area contributed by atoms with E-state index in [2.05, 4.69) is 31.7 Å². The van der Waals surface area contributed by atoms with Crippen LogP contribution in [0.25, 0.3) is 0 Å². The van der Waals surface area contributed by atoms with Crippen LogP contribution >= 0.6 is 0 Å². The van der Waals surface area contributed by atoms with Crippen LogP contribution in [0.1, 0.15) is 64.5 Å². The molecule has 2 aliphatic heterocycles. The van der Waals surface area contributed by atoms with Gasteiger partial charge in [0.1, 0.15) is 0 Å². The highest BCUT2D eigenvalue weighted by atomic mass is 16.1. The average molecular weight is 341 g/mol. The Morgan fingerprint density at radius 2 is 2.04 bits per heavy atom. The van der Waals surface area contributed by atoms with Gasteiger partial charge >= 0.3 is 0 Å². The molecule has 136 valence electrons. The maximum Gasteiger partial charge on any atom is 0.250 e. The molecule has 0 amide bonds. The minimum atomic E-state index is 0.186. The molecular weight excluding hydrogens is 308 g/mol. The van der Waals surface area contributed by atoms with E-state index in [4.69, 9.17) is 0 Å². The normalized spacial score (nSPS) is 28.8. The molecule has 2 bridgehead atoms. The molecule has 1 aromatic rings. The van der Waals surface area contributed by atoms with Crippen molar-refractivity contribution in [2.24, 2.45) is 11.3 Å². The summed E-state index contributed by atoms with van der Waals surface area (Å²) < 4.78 is 2.03. The monoisotopic (exact) mass is 340 g/mol. The third-order valence-electron chi connectivity index (χ3n) is 6.92. The predicted octanol–water partition coefficient (Wildman–Crippen LogP) is 4.18. The number of rotatable bonds is 3. The molecule has 0 spiro atoms. The van der Waals surface area contributed by atoms with E-state index >= 15 is 0 Å². The van der Waals surface area contributed by atoms with E-state index in [0.29, 0.717) is 17.3 Å². The summed E-state index contributed by atoms with van der Waals surface area (Å²) >= 11 is 0. The summed E-state index contributed by atoms with van der Waals surface area (Å²) in [5.74, 6) is 1.18. The molecule has 1 saturated heterocycles. The minimum Gasteiger partial charge on any atom is -0.312 e. The van der Waals surface area contributed by atoms with Crippen molar-refractivity contribution in [1.82, 2.24) is 9.47 Å². The molecule has 2 atom stereocenters. The Hall–Kier alpha value is -1.35. The molecule has 0 aromatic carbocycles. The third kappa shape index (κ3) is 3.23. The summed E-state index contributed by atoms with van der Waals surface area (Å²) in [6.07, 6.45) is 6.45. The van der Waals surface area contributed by atoms with Gasteiger partial charge in [-0.05, 0) is 56.4 Å². The van der Waals surface area contributed by atoms with Gasteiger partial charge in [0.05, 0.1) is 0 Å². The van der Waals surface area contributed by atoms with Crippen molar-refractivity contribution in [1.29, 1.82) is 0 Å². The Morgan fingerprint density at radius 1 is 1.20 bits per heavy atom. The highest BCUT2D eigenvalue weighted by Crippen LogP contribution is 2.42. The van der Waals surface area contributed by atoms with Gasteiger partial charge < -0.3 is 9.47 Å². The zero-order chi connectivity index (χ0) is 17.6. The molecule has 1 aliphatic carbocycles. The number of fused-ring (bicyclic) bond motifs is 4. The summed E-state index contributed by atoms with van der Waals surface area (Å²) in [6, 6.07) is 5.82. The highest BCUT2D eigenvalue weighted by molar-refractivity contribution is 5.23. The molecule has 25 heavy (non-hydrogen) atoms. The number of nitrogens with zero attached hydrogens (tertiary/aromatic N) is 2. The van der Waals surface area contributed by atoms with Crippen LogP contribution in [0.5, 0.6) is 0 Å². The zero-order valence-corrected chi connectivity index (χ0v) is 16.1. The molecule has 1 aromatic heterocycles. The van der Waals surface area contributed by atoms with Gasteiger partial charge in [-0.2, -0.15) is 0 Å². The van der Waals surface area contributed by atoms with Gasteiger partial charge in [-0.1, -0.05) is 31.1 Å². The number of likely N-dealkylation sites (tertiary alicyclic amines) is 1. The lowest BCUT2D eigenvalue weighted by Gasteiger charge is -2.43. The minimum absolute atomic E-state index is 0.186. The van der Waals surface area contributed by atoms with Crippen molar-refractivity contribution in [3.63, 3.8) is 0 Å². The van der Waals surface area contributed by atoms with Crippen LogP contribution in [0.3, 0.4) is 0 Å². The molecule has 4 rings (SSSR count). The molecule has 3 heteroatoms. The van der Waals surface area contributed by atoms with E-state index in [0.717, 1.165) is 19.6 Å². The van der Waals surface area contributed by atoms with Crippen LogP contribution in [-0.2, 0) is 6.54 Å². The van der Waals surface area contributed by atoms with Gasteiger partial charge in [0.15, 0.2) is 0 Å². The van der Waals surface area contributed by atoms with Crippen LogP contribution in [0, 0.1) is 11.3 Å². The lowest BCUT2D eigenvalue weighted by Crippen LogP contribution is -2.47. The second kappa shape index (κ2) is 6.42. The zero-order valence-electron chi connectivity index (χ0n) is 16.1. The fourth-order valence-electron chi connectivity index (χ4n) is 5.67. The van der Waals surface area contributed by atoms with Gasteiger partial charge in [-0.3, -0.25) is 4.79 Å². The summed E-state index contributed by atoms with van der Waals surface area (Å²) in [4.78, 5) is 14.8. The Balaban J connectivity index is 1.47. The first kappa shape index (κ1) is 17.1. The van der Waals surface area contributed by atoms with E-state index in [9.17, 15) is 4.79 Å². The van der Waals surface area contributed by atoms with Crippen molar-refractivity contribution >= 4 is 0 Å². The van der Waals surface area contributed by atoms with Crippen LogP contribution in [0.2, 0.25) is 0 Å². The molecule has 3 nitrogen and oxygen atoms in total. The lowest BCUT2D eigenvalue weighted by molar-refractivity contribution is 0.119. The van der Waals surface area contributed by atoms with Crippen molar-refractivity contribution in [2.75, 3.05) is 19.6 Å². The second-order valence-corrected chi connectivity index (χ2v) is 9.20. The van der Waals surface area contributed by atoms with Crippen molar-refractivity contribution in [2.45, 2.75) is 65.3 Å². The number of pyridine rings is 1. The van der Waals surface area contributed by atoms with Gasteiger partial charge in [0, 0.05) is 43.9 Å². The van der Waals surface area contributed by atoms with Crippen LogP contribution in [-0.4, -0.2) is 29.1 Å². The van der Waals surface area contributed by atoms with E-state index in [1.54, 1.807) is 17.2 Å². The fourth-order valence-corrected chi connectivity index (χ4v) is 5.67. The molecule has 0 saturated carbocycles. The number of hydrogen-bond acceptors (Lipinski definition) is 2.